The van der Waals surface area contributed by atoms with Crippen molar-refractivity contribution in [2.24, 2.45) is 5.84 Å². The predicted octanol–water partition coefficient (Wildman–Crippen LogP) is -0.931. The van der Waals surface area contributed by atoms with Crippen molar-refractivity contribution in [3.8, 4) is 0 Å². The molecule has 1 aromatic heterocycles. The summed E-state index contributed by atoms with van der Waals surface area (Å²) in [5.41, 5.74) is 2.39. The number of nitrogens with zero attached hydrogens (tertiary/aromatic N) is 2. The normalized spacial score (nSPS) is 21.6. The maximum Gasteiger partial charge on any atom is 0.271 e. The van der Waals surface area contributed by atoms with Crippen LogP contribution in [0.5, 0.6) is 0 Å². The molecule has 0 aromatic carbocycles. The van der Waals surface area contributed by atoms with E-state index >= 15 is 0 Å². The lowest BCUT2D eigenvalue weighted by Crippen LogP contribution is -2.43. The highest BCUT2D eigenvalue weighted by Crippen LogP contribution is 2.12. The summed E-state index contributed by atoms with van der Waals surface area (Å²) in [5, 5.41) is 2.65. The fraction of sp³-hybridized carbons (Fsp3) is 0.500. The molecule has 1 aliphatic heterocycles. The molecule has 2 heterocycles. The summed E-state index contributed by atoms with van der Waals surface area (Å²) < 4.78 is 22.9. The number of hydrazine groups is 1. The highest BCUT2D eigenvalue weighted by Gasteiger charge is 2.26. The Balaban J connectivity index is 2.04. The van der Waals surface area contributed by atoms with Crippen LogP contribution in [0.1, 0.15) is 23.3 Å². The van der Waals surface area contributed by atoms with E-state index in [9.17, 15) is 13.2 Å². The minimum Gasteiger partial charge on any atom is -0.347 e. The zero-order valence-electron chi connectivity index (χ0n) is 10.2. The van der Waals surface area contributed by atoms with Gasteiger partial charge in [-0.1, -0.05) is 0 Å². The van der Waals surface area contributed by atoms with E-state index in [1.807, 2.05) is 0 Å². The smallest absolute Gasteiger partial charge is 0.271 e. The maximum absolute atomic E-state index is 11.9. The van der Waals surface area contributed by atoms with Crippen molar-refractivity contribution in [2.75, 3.05) is 16.9 Å². The number of nitrogens with two attached hydrogens (primary N) is 1. The number of hydrogen-bond donors (Lipinski definition) is 3. The highest BCUT2D eigenvalue weighted by molar-refractivity contribution is 7.91. The Labute approximate surface area is 110 Å². The number of hydrogen-bond acceptors (Lipinski definition) is 7. The zero-order valence-corrected chi connectivity index (χ0v) is 11.0. The molecule has 1 atom stereocenters. The fourth-order valence-corrected chi connectivity index (χ4v) is 3.58. The van der Waals surface area contributed by atoms with E-state index in [4.69, 9.17) is 5.84 Å². The van der Waals surface area contributed by atoms with Gasteiger partial charge in [0.25, 0.3) is 5.91 Å². The summed E-state index contributed by atoms with van der Waals surface area (Å²) in [7, 11) is -3.06. The standard InChI is InChI=1S/C10H15N5O3S/c11-15-9-5-12-4-8(14-9)10(16)13-7-2-1-3-19(17,18)6-7/h4-5,7H,1-3,6,11H2,(H,13,16)(H,14,15). The Hall–Kier alpha value is -1.74. The average Bonchev–Trinajstić information content (AvgIpc) is 2.37. The van der Waals surface area contributed by atoms with E-state index < -0.39 is 15.7 Å². The van der Waals surface area contributed by atoms with Crippen LogP contribution in [0.3, 0.4) is 0 Å². The molecular weight excluding hydrogens is 270 g/mol. The lowest BCUT2D eigenvalue weighted by atomic mass is 10.2. The second kappa shape index (κ2) is 5.49. The predicted molar refractivity (Wildman–Crippen MR) is 69.0 cm³/mol. The van der Waals surface area contributed by atoms with Crippen molar-refractivity contribution >= 4 is 21.6 Å². The Morgan fingerprint density at radius 1 is 1.42 bits per heavy atom. The molecule has 1 fully saturated rings. The van der Waals surface area contributed by atoms with Gasteiger partial charge in [-0.3, -0.25) is 9.78 Å². The third-order valence-electron chi connectivity index (χ3n) is 2.81. The summed E-state index contributed by atoms with van der Waals surface area (Å²) in [6.45, 7) is 0. The molecule has 104 valence electrons. The first kappa shape index (κ1) is 13.7. The van der Waals surface area contributed by atoms with Gasteiger partial charge >= 0.3 is 0 Å². The van der Waals surface area contributed by atoms with Crippen molar-refractivity contribution < 1.29 is 13.2 Å². The molecule has 1 amide bonds. The molecular formula is C10H15N5O3S. The van der Waals surface area contributed by atoms with Crippen molar-refractivity contribution in [3.63, 3.8) is 0 Å². The molecule has 0 radical (unpaired) electrons. The number of carbonyl (C=O) groups excluding carboxylic acids is 1. The Morgan fingerprint density at radius 2 is 2.21 bits per heavy atom. The van der Waals surface area contributed by atoms with Crippen LogP contribution >= 0.6 is 0 Å². The first-order valence-corrected chi connectivity index (χ1v) is 7.62. The number of carbonyl (C=O) groups is 1. The van der Waals surface area contributed by atoms with Gasteiger partial charge in [-0.25, -0.2) is 19.2 Å². The van der Waals surface area contributed by atoms with E-state index in [0.717, 1.165) is 0 Å². The largest absolute Gasteiger partial charge is 0.347 e. The van der Waals surface area contributed by atoms with Crippen molar-refractivity contribution in [2.45, 2.75) is 18.9 Å². The van der Waals surface area contributed by atoms with E-state index in [0.29, 0.717) is 12.8 Å². The van der Waals surface area contributed by atoms with Crippen molar-refractivity contribution in [3.05, 3.63) is 18.1 Å². The topological polar surface area (TPSA) is 127 Å². The lowest BCUT2D eigenvalue weighted by molar-refractivity contribution is 0.0933. The number of aromatic nitrogens is 2. The number of anilines is 1. The van der Waals surface area contributed by atoms with Crippen LogP contribution in [-0.2, 0) is 9.84 Å². The molecule has 1 aliphatic rings. The maximum atomic E-state index is 11.9. The van der Waals surface area contributed by atoms with Crippen LogP contribution in [-0.4, -0.2) is 41.8 Å². The molecule has 0 bridgehead atoms. The van der Waals surface area contributed by atoms with E-state index in [1.165, 1.54) is 12.4 Å². The van der Waals surface area contributed by atoms with E-state index in [1.54, 1.807) is 0 Å². The van der Waals surface area contributed by atoms with Gasteiger partial charge in [0.15, 0.2) is 15.7 Å². The van der Waals surface area contributed by atoms with Gasteiger partial charge in [-0.2, -0.15) is 0 Å². The summed E-state index contributed by atoms with van der Waals surface area (Å²) in [5.74, 6) is 5.15. The first-order valence-electron chi connectivity index (χ1n) is 5.80. The summed E-state index contributed by atoms with van der Waals surface area (Å²) in [6.07, 6.45) is 3.88. The van der Waals surface area contributed by atoms with Crippen molar-refractivity contribution in [1.29, 1.82) is 0 Å². The van der Waals surface area contributed by atoms with Crippen LogP contribution in [0.25, 0.3) is 0 Å². The second-order valence-electron chi connectivity index (χ2n) is 4.36. The molecule has 8 nitrogen and oxygen atoms in total. The molecule has 19 heavy (non-hydrogen) atoms. The SMILES string of the molecule is NNc1cncc(C(=O)NC2CCCS(=O)(=O)C2)n1. The molecule has 0 aliphatic carbocycles. The fourth-order valence-electron chi connectivity index (χ4n) is 1.94. The van der Waals surface area contributed by atoms with Gasteiger partial charge in [0.1, 0.15) is 5.69 Å². The Bertz CT molecular complexity index is 574. The van der Waals surface area contributed by atoms with Crippen LogP contribution < -0.4 is 16.6 Å². The average molecular weight is 285 g/mol. The van der Waals surface area contributed by atoms with Crippen LogP contribution in [0, 0.1) is 0 Å². The summed E-state index contributed by atoms with van der Waals surface area (Å²) in [6, 6.07) is -0.373. The van der Waals surface area contributed by atoms with Crippen LogP contribution in [0.15, 0.2) is 12.4 Å². The van der Waals surface area contributed by atoms with Gasteiger partial charge < -0.3 is 10.7 Å². The number of nitrogens with one attached hydrogen (secondary N) is 2. The molecule has 1 saturated heterocycles. The molecule has 2 rings (SSSR count). The minimum atomic E-state index is -3.06. The van der Waals surface area contributed by atoms with Crippen LogP contribution in [0.4, 0.5) is 5.82 Å². The Kier molecular flexibility index (Phi) is 3.96. The summed E-state index contributed by atoms with van der Waals surface area (Å²) >= 11 is 0. The van der Waals surface area contributed by atoms with Gasteiger partial charge in [0.2, 0.25) is 0 Å². The molecule has 1 unspecified atom stereocenters. The lowest BCUT2D eigenvalue weighted by Gasteiger charge is -2.22. The second-order valence-corrected chi connectivity index (χ2v) is 6.59. The van der Waals surface area contributed by atoms with Crippen LogP contribution in [0.2, 0.25) is 0 Å². The molecule has 0 spiro atoms. The van der Waals surface area contributed by atoms with Crippen molar-refractivity contribution in [1.82, 2.24) is 15.3 Å². The quantitative estimate of drug-likeness (QED) is 0.483. The number of amides is 1. The van der Waals surface area contributed by atoms with Gasteiger partial charge in [-0.15, -0.1) is 0 Å². The number of rotatable bonds is 3. The third kappa shape index (κ3) is 3.61. The molecule has 9 heteroatoms. The molecule has 0 saturated carbocycles. The van der Waals surface area contributed by atoms with Gasteiger partial charge in [0, 0.05) is 6.04 Å². The Morgan fingerprint density at radius 3 is 2.89 bits per heavy atom. The monoisotopic (exact) mass is 285 g/mol. The van der Waals surface area contributed by atoms with Gasteiger partial charge in [-0.05, 0) is 12.8 Å². The number of sulfone groups is 1. The molecule has 4 N–H and O–H groups in total. The summed E-state index contributed by atoms with van der Waals surface area (Å²) in [4.78, 5) is 19.7. The zero-order chi connectivity index (χ0) is 13.9. The molecule has 1 aromatic rings. The first-order chi connectivity index (χ1) is 9.00. The minimum absolute atomic E-state index is 0.0268. The third-order valence-corrected chi connectivity index (χ3v) is 4.63. The van der Waals surface area contributed by atoms with E-state index in [2.05, 4.69) is 20.7 Å². The van der Waals surface area contributed by atoms with Gasteiger partial charge in [0.05, 0.1) is 23.9 Å². The number of nitrogen functional groups attached to an aromatic ring is 1. The highest BCUT2D eigenvalue weighted by atomic mass is 32.2. The van der Waals surface area contributed by atoms with E-state index in [-0.39, 0.29) is 29.1 Å².